The normalized spacial score (nSPS) is 18.7. The van der Waals surface area contributed by atoms with Crippen molar-refractivity contribution in [2.75, 3.05) is 13.7 Å². The Labute approximate surface area is 136 Å². The van der Waals surface area contributed by atoms with Crippen molar-refractivity contribution in [2.24, 2.45) is 7.05 Å². The quantitative estimate of drug-likeness (QED) is 0.814. The molecule has 7 nitrogen and oxygen atoms in total. The molecule has 2 aromatic heterocycles. The predicted molar refractivity (Wildman–Crippen MR) is 85.2 cm³/mol. The summed E-state index contributed by atoms with van der Waals surface area (Å²) in [7, 11) is 3.62. The van der Waals surface area contributed by atoms with Crippen LogP contribution in [-0.2, 0) is 20.0 Å². The first-order valence-electron chi connectivity index (χ1n) is 8.27. The number of aromatic nitrogens is 4. The molecule has 3 rings (SSSR count). The van der Waals surface area contributed by atoms with Crippen LogP contribution in [0.3, 0.4) is 0 Å². The first-order chi connectivity index (χ1) is 11.1. The molecule has 1 aliphatic heterocycles. The van der Waals surface area contributed by atoms with Crippen molar-refractivity contribution in [1.82, 2.24) is 24.8 Å². The molecule has 3 heterocycles. The maximum Gasteiger partial charge on any atom is 0.240 e. The maximum atomic E-state index is 5.57. The molecule has 0 bridgehead atoms. The Morgan fingerprint density at radius 1 is 1.39 bits per heavy atom. The minimum Gasteiger partial charge on any atom is -0.481 e. The van der Waals surface area contributed by atoms with Gasteiger partial charge in [0, 0.05) is 19.5 Å². The smallest absolute Gasteiger partial charge is 0.240 e. The van der Waals surface area contributed by atoms with Gasteiger partial charge in [-0.05, 0) is 32.7 Å². The van der Waals surface area contributed by atoms with Gasteiger partial charge in [0.2, 0.25) is 11.8 Å². The number of nitrogens with zero attached hydrogens (tertiary/aromatic N) is 5. The zero-order valence-corrected chi connectivity index (χ0v) is 14.4. The highest BCUT2D eigenvalue weighted by molar-refractivity contribution is 5.35. The van der Waals surface area contributed by atoms with E-state index in [1.54, 1.807) is 7.11 Å². The van der Waals surface area contributed by atoms with E-state index in [4.69, 9.17) is 9.26 Å². The summed E-state index contributed by atoms with van der Waals surface area (Å²) in [6.07, 6.45) is 4.14. The molecule has 0 N–H and O–H groups in total. The predicted octanol–water partition coefficient (Wildman–Crippen LogP) is 2.41. The number of methoxy groups -OCH3 is 1. The Balaban J connectivity index is 1.80. The number of ether oxygens (including phenoxy) is 1. The summed E-state index contributed by atoms with van der Waals surface area (Å²) in [6.45, 7) is 5.86. The molecule has 1 saturated heterocycles. The topological polar surface area (TPSA) is 69.2 Å². The van der Waals surface area contributed by atoms with Crippen LogP contribution in [0.25, 0.3) is 0 Å². The van der Waals surface area contributed by atoms with Gasteiger partial charge in [0.05, 0.1) is 24.9 Å². The van der Waals surface area contributed by atoms with Crippen molar-refractivity contribution >= 4 is 0 Å². The number of hydrogen-bond acceptors (Lipinski definition) is 6. The largest absolute Gasteiger partial charge is 0.481 e. The molecular weight excluding hydrogens is 294 g/mol. The third-order valence-corrected chi connectivity index (χ3v) is 4.43. The van der Waals surface area contributed by atoms with Gasteiger partial charge in [-0.1, -0.05) is 12.1 Å². The fraction of sp³-hybridized carbons (Fsp3) is 0.688. The summed E-state index contributed by atoms with van der Waals surface area (Å²) in [4.78, 5) is 6.87. The lowest BCUT2D eigenvalue weighted by atomic mass is 10.1. The molecule has 2 aromatic rings. The van der Waals surface area contributed by atoms with Crippen LogP contribution in [0.1, 0.15) is 55.2 Å². The molecular formula is C16H25N5O2. The fourth-order valence-electron chi connectivity index (χ4n) is 3.47. The molecule has 1 fully saturated rings. The SMILES string of the molecule is CCCc1noc(CN2CCC[C@@H]2c2c(C)nn(C)c2OC)n1. The van der Waals surface area contributed by atoms with Crippen molar-refractivity contribution in [1.29, 1.82) is 0 Å². The van der Waals surface area contributed by atoms with Gasteiger partial charge < -0.3 is 9.26 Å². The second-order valence-electron chi connectivity index (χ2n) is 6.11. The molecule has 1 aliphatic rings. The summed E-state index contributed by atoms with van der Waals surface area (Å²) in [5.74, 6) is 2.34. The minimum atomic E-state index is 0.292. The molecule has 0 aromatic carbocycles. The highest BCUT2D eigenvalue weighted by atomic mass is 16.5. The van der Waals surface area contributed by atoms with E-state index in [1.807, 2.05) is 18.7 Å². The summed E-state index contributed by atoms with van der Waals surface area (Å²) >= 11 is 0. The van der Waals surface area contributed by atoms with Crippen LogP contribution in [0.4, 0.5) is 0 Å². The highest BCUT2D eigenvalue weighted by Crippen LogP contribution is 2.39. The molecule has 7 heteroatoms. The van der Waals surface area contributed by atoms with Gasteiger partial charge in [0.25, 0.3) is 0 Å². The van der Waals surface area contributed by atoms with Crippen molar-refractivity contribution in [3.05, 3.63) is 23.0 Å². The van der Waals surface area contributed by atoms with E-state index >= 15 is 0 Å². The molecule has 0 amide bonds. The van der Waals surface area contributed by atoms with Crippen LogP contribution >= 0.6 is 0 Å². The Morgan fingerprint density at radius 2 is 2.22 bits per heavy atom. The van der Waals surface area contributed by atoms with Gasteiger partial charge >= 0.3 is 0 Å². The fourth-order valence-corrected chi connectivity index (χ4v) is 3.47. The van der Waals surface area contributed by atoms with Gasteiger partial charge in [-0.2, -0.15) is 10.1 Å². The third kappa shape index (κ3) is 3.10. The van der Waals surface area contributed by atoms with Gasteiger partial charge in [0.1, 0.15) is 0 Å². The van der Waals surface area contributed by atoms with Crippen molar-refractivity contribution in [2.45, 2.75) is 52.1 Å². The molecule has 0 aliphatic carbocycles. The minimum absolute atomic E-state index is 0.292. The number of aryl methyl sites for hydroxylation is 3. The summed E-state index contributed by atoms with van der Waals surface area (Å²) in [6, 6.07) is 0.292. The Bertz CT molecular complexity index is 663. The summed E-state index contributed by atoms with van der Waals surface area (Å²) in [5.41, 5.74) is 2.21. The first-order valence-corrected chi connectivity index (χ1v) is 8.27. The van der Waals surface area contributed by atoms with E-state index in [-0.39, 0.29) is 0 Å². The second-order valence-corrected chi connectivity index (χ2v) is 6.11. The Kier molecular flexibility index (Phi) is 4.66. The van der Waals surface area contributed by atoms with Crippen LogP contribution in [-0.4, -0.2) is 38.5 Å². The summed E-state index contributed by atoms with van der Waals surface area (Å²) in [5, 5.41) is 8.56. The monoisotopic (exact) mass is 319 g/mol. The zero-order chi connectivity index (χ0) is 16.4. The first kappa shape index (κ1) is 16.0. The number of likely N-dealkylation sites (tertiary alicyclic amines) is 1. The number of hydrogen-bond donors (Lipinski definition) is 0. The van der Waals surface area contributed by atoms with Crippen LogP contribution in [0, 0.1) is 6.92 Å². The van der Waals surface area contributed by atoms with Gasteiger partial charge in [-0.25, -0.2) is 4.68 Å². The Morgan fingerprint density at radius 3 is 2.96 bits per heavy atom. The molecule has 23 heavy (non-hydrogen) atoms. The van der Waals surface area contributed by atoms with Gasteiger partial charge in [0.15, 0.2) is 5.82 Å². The van der Waals surface area contributed by atoms with E-state index < -0.39 is 0 Å². The van der Waals surface area contributed by atoms with Crippen molar-refractivity contribution in [3.8, 4) is 5.88 Å². The van der Waals surface area contributed by atoms with Gasteiger partial charge in [-0.3, -0.25) is 4.90 Å². The average Bonchev–Trinajstić information content (AvgIpc) is 3.20. The van der Waals surface area contributed by atoms with E-state index in [0.717, 1.165) is 49.6 Å². The van der Waals surface area contributed by atoms with E-state index in [9.17, 15) is 0 Å². The van der Waals surface area contributed by atoms with Crippen LogP contribution in [0.15, 0.2) is 4.52 Å². The van der Waals surface area contributed by atoms with Crippen molar-refractivity contribution in [3.63, 3.8) is 0 Å². The molecule has 0 radical (unpaired) electrons. The lowest BCUT2D eigenvalue weighted by Gasteiger charge is -2.23. The molecule has 0 saturated carbocycles. The van der Waals surface area contributed by atoms with Crippen LogP contribution < -0.4 is 4.74 Å². The number of rotatable bonds is 6. The standard InChI is InChI=1S/C16H25N5O2/c1-5-7-13-17-14(23-19-13)10-21-9-6-8-12(21)15-11(2)18-20(3)16(15)22-4/h12H,5-10H2,1-4H3/t12-/m1/s1. The van der Waals surface area contributed by atoms with Crippen molar-refractivity contribution < 1.29 is 9.26 Å². The average molecular weight is 319 g/mol. The molecule has 0 spiro atoms. The molecule has 1 atom stereocenters. The third-order valence-electron chi connectivity index (χ3n) is 4.43. The van der Waals surface area contributed by atoms with Gasteiger partial charge in [-0.15, -0.1) is 0 Å². The van der Waals surface area contributed by atoms with E-state index in [0.29, 0.717) is 18.5 Å². The Hall–Kier alpha value is -1.89. The lowest BCUT2D eigenvalue weighted by molar-refractivity contribution is 0.208. The van der Waals surface area contributed by atoms with E-state index in [1.165, 1.54) is 5.56 Å². The highest BCUT2D eigenvalue weighted by Gasteiger charge is 2.33. The zero-order valence-electron chi connectivity index (χ0n) is 14.4. The van der Waals surface area contributed by atoms with Crippen LogP contribution in [0.5, 0.6) is 5.88 Å². The maximum absolute atomic E-state index is 5.57. The molecule has 0 unspecified atom stereocenters. The van der Waals surface area contributed by atoms with E-state index in [2.05, 4.69) is 27.1 Å². The van der Waals surface area contributed by atoms with Crippen LogP contribution in [0.2, 0.25) is 0 Å². The molecule has 126 valence electrons. The summed E-state index contributed by atoms with van der Waals surface area (Å²) < 4.78 is 12.8. The second kappa shape index (κ2) is 6.70. The lowest BCUT2D eigenvalue weighted by Crippen LogP contribution is -2.23.